The van der Waals surface area contributed by atoms with Crippen LogP contribution < -0.4 is 11.1 Å². The number of carbonyl (C=O) groups is 1. The van der Waals surface area contributed by atoms with Gasteiger partial charge < -0.3 is 15.8 Å². The van der Waals surface area contributed by atoms with Gasteiger partial charge in [-0.1, -0.05) is 26.7 Å². The molecule has 0 aromatic rings. The molecular formula is C15H31N3O2. The van der Waals surface area contributed by atoms with E-state index in [1.54, 1.807) is 13.8 Å². The van der Waals surface area contributed by atoms with Crippen LogP contribution in [0.1, 0.15) is 40.5 Å². The molecule has 1 aliphatic heterocycles. The van der Waals surface area contributed by atoms with Gasteiger partial charge in [-0.25, -0.2) is 0 Å². The Morgan fingerprint density at radius 3 is 2.30 bits per heavy atom. The predicted octanol–water partition coefficient (Wildman–Crippen LogP) is 0.977. The SMILES string of the molecule is CCC(CC)C(CNC(=O)C(C)(C)N)N1CCOCC1. The minimum atomic E-state index is -0.816. The molecule has 1 atom stereocenters. The van der Waals surface area contributed by atoms with Gasteiger partial charge in [0, 0.05) is 25.7 Å². The van der Waals surface area contributed by atoms with E-state index >= 15 is 0 Å². The quantitative estimate of drug-likeness (QED) is 0.731. The number of morpholine rings is 1. The second-order valence-corrected chi connectivity index (χ2v) is 6.22. The molecule has 5 nitrogen and oxygen atoms in total. The highest BCUT2D eigenvalue weighted by molar-refractivity contribution is 5.85. The largest absolute Gasteiger partial charge is 0.379 e. The van der Waals surface area contributed by atoms with Crippen LogP contribution in [0.5, 0.6) is 0 Å². The zero-order valence-electron chi connectivity index (χ0n) is 13.4. The molecule has 20 heavy (non-hydrogen) atoms. The number of amides is 1. The van der Waals surface area contributed by atoms with Crippen molar-refractivity contribution in [2.45, 2.75) is 52.1 Å². The Balaban J connectivity index is 2.64. The molecule has 0 aromatic heterocycles. The van der Waals surface area contributed by atoms with Crippen molar-refractivity contribution in [1.29, 1.82) is 0 Å². The summed E-state index contributed by atoms with van der Waals surface area (Å²) < 4.78 is 5.43. The van der Waals surface area contributed by atoms with Gasteiger partial charge in [-0.3, -0.25) is 9.69 Å². The van der Waals surface area contributed by atoms with Crippen molar-refractivity contribution >= 4 is 5.91 Å². The van der Waals surface area contributed by atoms with Crippen molar-refractivity contribution in [3.63, 3.8) is 0 Å². The maximum absolute atomic E-state index is 12.0. The Labute approximate surface area is 123 Å². The van der Waals surface area contributed by atoms with Gasteiger partial charge in [0.05, 0.1) is 18.8 Å². The van der Waals surface area contributed by atoms with Crippen molar-refractivity contribution in [2.24, 2.45) is 11.7 Å². The van der Waals surface area contributed by atoms with Crippen molar-refractivity contribution in [1.82, 2.24) is 10.2 Å². The molecule has 1 saturated heterocycles. The van der Waals surface area contributed by atoms with Gasteiger partial charge in [-0.15, -0.1) is 0 Å². The van der Waals surface area contributed by atoms with E-state index in [0.29, 0.717) is 18.5 Å². The topological polar surface area (TPSA) is 67.6 Å². The van der Waals surface area contributed by atoms with Crippen LogP contribution >= 0.6 is 0 Å². The molecule has 1 heterocycles. The first kappa shape index (κ1) is 17.4. The molecule has 1 unspecified atom stereocenters. The lowest BCUT2D eigenvalue weighted by Gasteiger charge is -2.39. The van der Waals surface area contributed by atoms with Crippen LogP contribution in [-0.4, -0.2) is 55.2 Å². The van der Waals surface area contributed by atoms with Crippen LogP contribution in [0.3, 0.4) is 0 Å². The van der Waals surface area contributed by atoms with Gasteiger partial charge in [-0.05, 0) is 19.8 Å². The summed E-state index contributed by atoms with van der Waals surface area (Å²) in [5.74, 6) is 0.510. The molecule has 0 bridgehead atoms. The first-order valence-electron chi connectivity index (χ1n) is 7.79. The molecule has 1 aliphatic rings. The number of ether oxygens (including phenoxy) is 1. The maximum atomic E-state index is 12.0. The molecule has 118 valence electrons. The molecule has 0 spiro atoms. The van der Waals surface area contributed by atoms with E-state index in [2.05, 4.69) is 24.1 Å². The van der Waals surface area contributed by atoms with Crippen molar-refractivity contribution in [3.8, 4) is 0 Å². The van der Waals surface area contributed by atoms with Crippen LogP contribution in [0.25, 0.3) is 0 Å². The number of nitrogens with one attached hydrogen (secondary N) is 1. The van der Waals surface area contributed by atoms with Crippen molar-refractivity contribution < 1.29 is 9.53 Å². The standard InChI is InChI=1S/C15H31N3O2/c1-5-12(6-2)13(18-7-9-20-10-8-18)11-17-14(19)15(3,4)16/h12-13H,5-11,16H2,1-4H3,(H,17,19). The molecule has 0 saturated carbocycles. The Morgan fingerprint density at radius 1 is 1.30 bits per heavy atom. The van der Waals surface area contributed by atoms with Crippen LogP contribution in [0.2, 0.25) is 0 Å². The minimum absolute atomic E-state index is 0.0817. The molecule has 1 rings (SSSR count). The second kappa shape index (κ2) is 7.96. The van der Waals surface area contributed by atoms with E-state index in [4.69, 9.17) is 10.5 Å². The van der Waals surface area contributed by atoms with E-state index < -0.39 is 5.54 Å². The summed E-state index contributed by atoms with van der Waals surface area (Å²) in [6.45, 7) is 12.1. The first-order valence-corrected chi connectivity index (χ1v) is 7.79. The van der Waals surface area contributed by atoms with Gasteiger partial charge in [0.25, 0.3) is 0 Å². The third kappa shape index (κ3) is 5.04. The molecule has 5 heteroatoms. The summed E-state index contributed by atoms with van der Waals surface area (Å²) >= 11 is 0. The smallest absolute Gasteiger partial charge is 0.239 e. The number of rotatable bonds is 7. The van der Waals surface area contributed by atoms with Gasteiger partial charge >= 0.3 is 0 Å². The van der Waals surface area contributed by atoms with Crippen LogP contribution in [0.15, 0.2) is 0 Å². The number of carbonyl (C=O) groups excluding carboxylic acids is 1. The normalized spacial score (nSPS) is 19.1. The number of nitrogens with two attached hydrogens (primary N) is 1. The van der Waals surface area contributed by atoms with Gasteiger partial charge in [-0.2, -0.15) is 0 Å². The summed E-state index contributed by atoms with van der Waals surface area (Å²) in [5, 5.41) is 3.02. The Bertz CT molecular complexity index is 292. The highest BCUT2D eigenvalue weighted by Crippen LogP contribution is 2.19. The molecule has 0 aliphatic carbocycles. The highest BCUT2D eigenvalue weighted by atomic mass is 16.5. The fraction of sp³-hybridized carbons (Fsp3) is 0.933. The fourth-order valence-electron chi connectivity index (χ4n) is 2.76. The van der Waals surface area contributed by atoms with Crippen molar-refractivity contribution in [3.05, 3.63) is 0 Å². The zero-order valence-corrected chi connectivity index (χ0v) is 13.4. The maximum Gasteiger partial charge on any atom is 0.239 e. The predicted molar refractivity (Wildman–Crippen MR) is 81.5 cm³/mol. The van der Waals surface area contributed by atoms with Gasteiger partial charge in [0.15, 0.2) is 0 Å². The lowest BCUT2D eigenvalue weighted by molar-refractivity contribution is -0.125. The molecule has 3 N–H and O–H groups in total. The number of hydrogen-bond acceptors (Lipinski definition) is 4. The summed E-state index contributed by atoms with van der Waals surface area (Å²) in [7, 11) is 0. The van der Waals surface area contributed by atoms with E-state index in [9.17, 15) is 4.79 Å². The Kier molecular flexibility index (Phi) is 6.92. The second-order valence-electron chi connectivity index (χ2n) is 6.22. The summed E-state index contributed by atoms with van der Waals surface area (Å²) in [6.07, 6.45) is 2.25. The van der Waals surface area contributed by atoms with Gasteiger partial charge in [0.1, 0.15) is 0 Å². The molecule has 0 radical (unpaired) electrons. The average Bonchev–Trinajstić information content (AvgIpc) is 2.43. The van der Waals surface area contributed by atoms with E-state index in [1.165, 1.54) is 0 Å². The molecule has 1 amide bonds. The van der Waals surface area contributed by atoms with E-state index in [1.807, 2.05) is 0 Å². The van der Waals surface area contributed by atoms with Crippen LogP contribution in [0, 0.1) is 5.92 Å². The minimum Gasteiger partial charge on any atom is -0.379 e. The molecule has 0 aromatic carbocycles. The number of nitrogens with zero attached hydrogens (tertiary/aromatic N) is 1. The van der Waals surface area contributed by atoms with E-state index in [-0.39, 0.29) is 5.91 Å². The third-order valence-corrected chi connectivity index (χ3v) is 4.16. The van der Waals surface area contributed by atoms with Gasteiger partial charge in [0.2, 0.25) is 5.91 Å². The van der Waals surface area contributed by atoms with Crippen LogP contribution in [-0.2, 0) is 9.53 Å². The number of hydrogen-bond donors (Lipinski definition) is 2. The Morgan fingerprint density at radius 2 is 1.85 bits per heavy atom. The lowest BCUT2D eigenvalue weighted by atomic mass is 9.92. The fourth-order valence-corrected chi connectivity index (χ4v) is 2.76. The third-order valence-electron chi connectivity index (χ3n) is 4.16. The average molecular weight is 285 g/mol. The summed E-state index contributed by atoms with van der Waals surface area (Å²) in [5.41, 5.74) is 5.02. The lowest BCUT2D eigenvalue weighted by Crippen LogP contribution is -2.56. The van der Waals surface area contributed by atoms with Crippen molar-refractivity contribution in [2.75, 3.05) is 32.8 Å². The molecule has 1 fully saturated rings. The molecular weight excluding hydrogens is 254 g/mol. The Hall–Kier alpha value is -0.650. The first-order chi connectivity index (χ1) is 9.40. The van der Waals surface area contributed by atoms with E-state index in [0.717, 1.165) is 39.1 Å². The highest BCUT2D eigenvalue weighted by Gasteiger charge is 2.29. The van der Waals surface area contributed by atoms with Crippen LogP contribution in [0.4, 0.5) is 0 Å². The summed E-state index contributed by atoms with van der Waals surface area (Å²) in [4.78, 5) is 14.4. The summed E-state index contributed by atoms with van der Waals surface area (Å²) in [6, 6.07) is 0.375. The monoisotopic (exact) mass is 285 g/mol. The zero-order chi connectivity index (χ0) is 15.2.